The zero-order chi connectivity index (χ0) is 11.5. The SMILES string of the molecule is N[C@H](c1ccc(F)cc1)[C@@H](O)C1CCCC1. The van der Waals surface area contributed by atoms with E-state index >= 15 is 0 Å². The van der Waals surface area contributed by atoms with Gasteiger partial charge >= 0.3 is 0 Å². The fourth-order valence-corrected chi connectivity index (χ4v) is 2.47. The zero-order valence-corrected chi connectivity index (χ0v) is 9.27. The highest BCUT2D eigenvalue weighted by Crippen LogP contribution is 2.32. The van der Waals surface area contributed by atoms with Gasteiger partial charge in [-0.15, -0.1) is 0 Å². The Morgan fingerprint density at radius 1 is 1.19 bits per heavy atom. The Morgan fingerprint density at radius 3 is 2.31 bits per heavy atom. The molecule has 1 aliphatic carbocycles. The molecule has 0 unspecified atom stereocenters. The van der Waals surface area contributed by atoms with Crippen LogP contribution in [0.1, 0.15) is 37.3 Å². The van der Waals surface area contributed by atoms with E-state index in [0.717, 1.165) is 18.4 Å². The van der Waals surface area contributed by atoms with E-state index in [4.69, 9.17) is 5.73 Å². The van der Waals surface area contributed by atoms with Crippen molar-refractivity contribution in [2.45, 2.75) is 37.8 Å². The van der Waals surface area contributed by atoms with Crippen molar-refractivity contribution in [3.05, 3.63) is 35.6 Å². The predicted octanol–water partition coefficient (Wildman–Crippen LogP) is 2.38. The Hall–Kier alpha value is -0.930. The minimum atomic E-state index is -0.507. The van der Waals surface area contributed by atoms with Crippen LogP contribution >= 0.6 is 0 Å². The maximum absolute atomic E-state index is 12.7. The quantitative estimate of drug-likeness (QED) is 0.826. The van der Waals surface area contributed by atoms with Crippen molar-refractivity contribution in [1.29, 1.82) is 0 Å². The van der Waals surface area contributed by atoms with Crippen LogP contribution < -0.4 is 5.73 Å². The first-order valence-corrected chi connectivity index (χ1v) is 5.87. The summed E-state index contributed by atoms with van der Waals surface area (Å²) < 4.78 is 12.7. The second-order valence-corrected chi connectivity index (χ2v) is 4.61. The van der Waals surface area contributed by atoms with Crippen molar-refractivity contribution in [1.82, 2.24) is 0 Å². The molecule has 16 heavy (non-hydrogen) atoms. The first-order valence-electron chi connectivity index (χ1n) is 5.87. The summed E-state index contributed by atoms with van der Waals surface area (Å²) in [4.78, 5) is 0. The molecule has 0 aliphatic heterocycles. The summed E-state index contributed by atoms with van der Waals surface area (Å²) in [5.41, 5.74) is 6.80. The smallest absolute Gasteiger partial charge is 0.123 e. The lowest BCUT2D eigenvalue weighted by Crippen LogP contribution is -2.31. The highest BCUT2D eigenvalue weighted by molar-refractivity contribution is 5.20. The summed E-state index contributed by atoms with van der Waals surface area (Å²) in [6.45, 7) is 0. The Labute approximate surface area is 95.3 Å². The molecule has 0 aromatic heterocycles. The lowest BCUT2D eigenvalue weighted by Gasteiger charge is -2.24. The van der Waals surface area contributed by atoms with Crippen molar-refractivity contribution in [3.8, 4) is 0 Å². The van der Waals surface area contributed by atoms with E-state index in [2.05, 4.69) is 0 Å². The number of rotatable bonds is 3. The van der Waals surface area contributed by atoms with E-state index in [0.29, 0.717) is 5.92 Å². The largest absolute Gasteiger partial charge is 0.391 e. The van der Waals surface area contributed by atoms with E-state index < -0.39 is 12.1 Å². The van der Waals surface area contributed by atoms with Gasteiger partial charge in [-0.25, -0.2) is 4.39 Å². The Balaban J connectivity index is 2.05. The molecule has 1 saturated carbocycles. The molecule has 0 spiro atoms. The monoisotopic (exact) mass is 223 g/mol. The molecule has 1 aliphatic rings. The Morgan fingerprint density at radius 2 is 1.75 bits per heavy atom. The topological polar surface area (TPSA) is 46.2 Å². The summed E-state index contributed by atoms with van der Waals surface area (Å²) in [5, 5.41) is 10.1. The van der Waals surface area contributed by atoms with Gasteiger partial charge in [-0.05, 0) is 36.5 Å². The summed E-state index contributed by atoms with van der Waals surface area (Å²) in [6, 6.07) is 5.67. The minimum Gasteiger partial charge on any atom is -0.391 e. The molecule has 0 amide bonds. The van der Waals surface area contributed by atoms with Crippen LogP contribution in [0.3, 0.4) is 0 Å². The van der Waals surface area contributed by atoms with Crippen LogP contribution in [0.25, 0.3) is 0 Å². The van der Waals surface area contributed by atoms with Gasteiger partial charge in [0, 0.05) is 0 Å². The van der Waals surface area contributed by atoms with Crippen LogP contribution in [-0.4, -0.2) is 11.2 Å². The van der Waals surface area contributed by atoms with Crippen molar-refractivity contribution in [2.75, 3.05) is 0 Å². The van der Waals surface area contributed by atoms with Gasteiger partial charge in [-0.3, -0.25) is 0 Å². The van der Waals surface area contributed by atoms with Gasteiger partial charge in [0.25, 0.3) is 0 Å². The van der Waals surface area contributed by atoms with Gasteiger partial charge < -0.3 is 10.8 Å². The molecule has 88 valence electrons. The fraction of sp³-hybridized carbons (Fsp3) is 0.538. The molecule has 2 nitrogen and oxygen atoms in total. The van der Waals surface area contributed by atoms with E-state index in [1.54, 1.807) is 12.1 Å². The van der Waals surface area contributed by atoms with Crippen LogP contribution in [0.5, 0.6) is 0 Å². The molecule has 2 rings (SSSR count). The van der Waals surface area contributed by atoms with Gasteiger partial charge in [-0.1, -0.05) is 25.0 Å². The molecule has 3 heteroatoms. The molecule has 0 radical (unpaired) electrons. The number of aliphatic hydroxyl groups excluding tert-OH is 1. The first kappa shape index (κ1) is 11.6. The average Bonchev–Trinajstić information content (AvgIpc) is 2.81. The molecule has 0 heterocycles. The van der Waals surface area contributed by atoms with E-state index in [1.807, 2.05) is 0 Å². The lowest BCUT2D eigenvalue weighted by atomic mass is 9.91. The summed E-state index contributed by atoms with van der Waals surface area (Å²) in [5.74, 6) is 0.0337. The van der Waals surface area contributed by atoms with Crippen LogP contribution in [-0.2, 0) is 0 Å². The van der Waals surface area contributed by atoms with Gasteiger partial charge in [0.15, 0.2) is 0 Å². The van der Waals surface area contributed by atoms with E-state index in [1.165, 1.54) is 25.0 Å². The minimum absolute atomic E-state index is 0.272. The Bertz CT molecular complexity index is 332. The molecular weight excluding hydrogens is 205 g/mol. The predicted molar refractivity (Wildman–Crippen MR) is 61.3 cm³/mol. The second-order valence-electron chi connectivity index (χ2n) is 4.61. The van der Waals surface area contributed by atoms with E-state index in [9.17, 15) is 9.50 Å². The molecule has 1 fully saturated rings. The highest BCUT2D eigenvalue weighted by atomic mass is 19.1. The second kappa shape index (κ2) is 4.93. The third-order valence-electron chi connectivity index (χ3n) is 3.51. The molecule has 0 saturated heterocycles. The highest BCUT2D eigenvalue weighted by Gasteiger charge is 2.28. The van der Waals surface area contributed by atoms with Crippen LogP contribution in [0.15, 0.2) is 24.3 Å². The molecule has 3 N–H and O–H groups in total. The van der Waals surface area contributed by atoms with Crippen LogP contribution in [0.4, 0.5) is 4.39 Å². The van der Waals surface area contributed by atoms with Gasteiger partial charge in [-0.2, -0.15) is 0 Å². The van der Waals surface area contributed by atoms with Crippen molar-refractivity contribution < 1.29 is 9.50 Å². The number of nitrogens with two attached hydrogens (primary N) is 1. The molecular formula is C13H18FNO. The van der Waals surface area contributed by atoms with Crippen LogP contribution in [0.2, 0.25) is 0 Å². The molecule has 1 aromatic carbocycles. The molecule has 2 atom stereocenters. The lowest BCUT2D eigenvalue weighted by molar-refractivity contribution is 0.0845. The molecule has 1 aromatic rings. The maximum atomic E-state index is 12.7. The number of halogens is 1. The molecule has 0 bridgehead atoms. The van der Waals surface area contributed by atoms with Crippen molar-refractivity contribution in [3.63, 3.8) is 0 Å². The average molecular weight is 223 g/mol. The third kappa shape index (κ3) is 2.42. The first-order chi connectivity index (χ1) is 7.68. The summed E-state index contributed by atoms with van der Waals surface area (Å²) in [6.07, 6.45) is 3.95. The third-order valence-corrected chi connectivity index (χ3v) is 3.51. The van der Waals surface area contributed by atoms with E-state index in [-0.39, 0.29) is 5.82 Å². The normalized spacial score (nSPS) is 20.9. The zero-order valence-electron chi connectivity index (χ0n) is 9.27. The standard InChI is InChI=1S/C13H18FNO/c14-11-7-5-9(6-8-11)12(15)13(16)10-3-1-2-4-10/h5-8,10,12-13,16H,1-4,15H2/t12-,13+/m1/s1. The van der Waals surface area contributed by atoms with Gasteiger partial charge in [0.05, 0.1) is 12.1 Å². The summed E-state index contributed by atoms with van der Waals surface area (Å²) >= 11 is 0. The summed E-state index contributed by atoms with van der Waals surface area (Å²) in [7, 11) is 0. The number of benzene rings is 1. The van der Waals surface area contributed by atoms with Crippen molar-refractivity contribution in [2.24, 2.45) is 11.7 Å². The fourth-order valence-electron chi connectivity index (χ4n) is 2.47. The Kier molecular flexibility index (Phi) is 3.56. The number of aliphatic hydroxyl groups is 1. The number of hydrogen-bond donors (Lipinski definition) is 2. The van der Waals surface area contributed by atoms with Gasteiger partial charge in [0.1, 0.15) is 5.82 Å². The van der Waals surface area contributed by atoms with Crippen LogP contribution in [0, 0.1) is 11.7 Å². The maximum Gasteiger partial charge on any atom is 0.123 e. The number of hydrogen-bond acceptors (Lipinski definition) is 2. The van der Waals surface area contributed by atoms with Gasteiger partial charge in [0.2, 0.25) is 0 Å². The van der Waals surface area contributed by atoms with Crippen molar-refractivity contribution >= 4 is 0 Å².